The maximum absolute atomic E-state index is 10.2. The van der Waals surface area contributed by atoms with Crippen molar-refractivity contribution in [2.24, 2.45) is 0 Å². The molecule has 0 radical (unpaired) electrons. The van der Waals surface area contributed by atoms with Gasteiger partial charge in [-0.05, 0) is 19.9 Å². The summed E-state index contributed by atoms with van der Waals surface area (Å²) in [6, 6.07) is 1.82. The molecule has 4 aromatic rings. The number of thiophene rings is 1. The Balaban J connectivity index is 1.69. The van der Waals surface area contributed by atoms with Crippen LogP contribution in [-0.2, 0) is 10.8 Å². The van der Waals surface area contributed by atoms with Crippen molar-refractivity contribution < 1.29 is 9.84 Å². The van der Waals surface area contributed by atoms with Crippen LogP contribution in [0.1, 0.15) is 46.3 Å². The molecular weight excluding hydrogens is 412 g/mol. The van der Waals surface area contributed by atoms with Gasteiger partial charge in [0.05, 0.1) is 21.6 Å². The Morgan fingerprint density at radius 2 is 1.86 bits per heavy atom. The van der Waals surface area contributed by atoms with E-state index in [4.69, 9.17) is 16.3 Å². The molecule has 0 aliphatic rings. The SMILES string of the molecule is CC(C)(C)c1nc(OCC(C)(C)c2nc(O)c3[nH]cnc3n2)c2sc(Cl)cc2n1. The summed E-state index contributed by atoms with van der Waals surface area (Å²) in [6.07, 6.45) is 1.47. The number of rotatable bonds is 4. The highest BCUT2D eigenvalue weighted by atomic mass is 35.5. The number of halogens is 1. The highest BCUT2D eigenvalue weighted by Crippen LogP contribution is 2.36. The van der Waals surface area contributed by atoms with E-state index < -0.39 is 5.41 Å². The van der Waals surface area contributed by atoms with Gasteiger partial charge >= 0.3 is 0 Å². The van der Waals surface area contributed by atoms with Gasteiger partial charge in [0.25, 0.3) is 0 Å². The molecule has 0 bridgehead atoms. The van der Waals surface area contributed by atoms with Crippen molar-refractivity contribution >= 4 is 44.3 Å². The van der Waals surface area contributed by atoms with E-state index in [1.54, 1.807) is 0 Å². The minimum atomic E-state index is -0.606. The number of aromatic amines is 1. The molecule has 0 unspecified atom stereocenters. The van der Waals surface area contributed by atoms with E-state index in [9.17, 15) is 5.11 Å². The Morgan fingerprint density at radius 1 is 1.10 bits per heavy atom. The van der Waals surface area contributed by atoms with Crippen LogP contribution >= 0.6 is 22.9 Å². The van der Waals surface area contributed by atoms with Crippen LogP contribution in [0.25, 0.3) is 21.4 Å². The number of nitrogens with one attached hydrogen (secondary N) is 1. The van der Waals surface area contributed by atoms with Gasteiger partial charge in [0.15, 0.2) is 5.65 Å². The first-order valence-electron chi connectivity index (χ1n) is 9.05. The summed E-state index contributed by atoms with van der Waals surface area (Å²) in [4.78, 5) is 24.9. The van der Waals surface area contributed by atoms with Gasteiger partial charge in [-0.2, -0.15) is 9.97 Å². The van der Waals surface area contributed by atoms with E-state index in [0.29, 0.717) is 33.0 Å². The molecule has 0 aliphatic heterocycles. The van der Waals surface area contributed by atoms with Gasteiger partial charge in [-0.1, -0.05) is 32.4 Å². The van der Waals surface area contributed by atoms with Gasteiger partial charge in [-0.15, -0.1) is 11.3 Å². The van der Waals surface area contributed by atoms with Gasteiger partial charge in [0.1, 0.15) is 28.5 Å². The summed E-state index contributed by atoms with van der Waals surface area (Å²) in [5, 5.41) is 10.2. The van der Waals surface area contributed by atoms with E-state index in [-0.39, 0.29) is 17.9 Å². The normalized spacial score (nSPS) is 12.8. The molecule has 152 valence electrons. The summed E-state index contributed by atoms with van der Waals surface area (Å²) < 4.78 is 7.56. The van der Waals surface area contributed by atoms with Crippen LogP contribution in [0.3, 0.4) is 0 Å². The monoisotopic (exact) mass is 432 g/mol. The fourth-order valence-corrected chi connectivity index (χ4v) is 3.84. The van der Waals surface area contributed by atoms with E-state index in [0.717, 1.165) is 10.2 Å². The maximum Gasteiger partial charge on any atom is 0.241 e. The number of H-pyrrole nitrogens is 1. The first-order chi connectivity index (χ1) is 13.5. The van der Waals surface area contributed by atoms with Crippen molar-refractivity contribution in [3.05, 3.63) is 28.4 Å². The molecule has 0 saturated heterocycles. The molecule has 0 spiro atoms. The zero-order chi connectivity index (χ0) is 21.0. The molecule has 8 nitrogen and oxygen atoms in total. The molecule has 0 amide bonds. The lowest BCUT2D eigenvalue weighted by Crippen LogP contribution is -2.29. The molecule has 29 heavy (non-hydrogen) atoms. The first-order valence-corrected chi connectivity index (χ1v) is 10.2. The minimum absolute atomic E-state index is 0.139. The quantitative estimate of drug-likeness (QED) is 0.492. The maximum atomic E-state index is 10.2. The van der Waals surface area contributed by atoms with Crippen LogP contribution in [0.2, 0.25) is 4.34 Å². The number of fused-ring (bicyclic) bond motifs is 2. The topological polar surface area (TPSA) is 110 Å². The average molecular weight is 433 g/mol. The van der Waals surface area contributed by atoms with Crippen molar-refractivity contribution in [2.45, 2.75) is 45.4 Å². The molecule has 4 aromatic heterocycles. The molecular formula is C19H21ClN6O2S. The summed E-state index contributed by atoms with van der Waals surface area (Å²) in [7, 11) is 0. The highest BCUT2D eigenvalue weighted by molar-refractivity contribution is 7.22. The smallest absolute Gasteiger partial charge is 0.241 e. The van der Waals surface area contributed by atoms with Crippen LogP contribution in [-0.4, -0.2) is 41.6 Å². The van der Waals surface area contributed by atoms with Gasteiger partial charge in [0, 0.05) is 5.41 Å². The number of aromatic hydroxyl groups is 1. The fraction of sp³-hybridized carbons (Fsp3) is 0.421. The van der Waals surface area contributed by atoms with Gasteiger partial charge in [-0.25, -0.2) is 15.0 Å². The lowest BCUT2D eigenvalue weighted by molar-refractivity contribution is 0.226. The van der Waals surface area contributed by atoms with Crippen molar-refractivity contribution in [2.75, 3.05) is 6.61 Å². The summed E-state index contributed by atoms with van der Waals surface area (Å²) >= 11 is 7.59. The number of imidazole rings is 1. The second-order valence-corrected chi connectivity index (χ2v) is 10.2. The predicted molar refractivity (Wildman–Crippen MR) is 113 cm³/mol. The van der Waals surface area contributed by atoms with E-state index in [1.807, 2.05) is 40.7 Å². The molecule has 0 atom stereocenters. The van der Waals surface area contributed by atoms with Gasteiger partial charge < -0.3 is 14.8 Å². The van der Waals surface area contributed by atoms with E-state index in [2.05, 4.69) is 29.9 Å². The second-order valence-electron chi connectivity index (χ2n) is 8.51. The Bertz CT molecular complexity index is 1210. The zero-order valence-electron chi connectivity index (χ0n) is 16.7. The van der Waals surface area contributed by atoms with Crippen molar-refractivity contribution in [1.29, 1.82) is 0 Å². The fourth-order valence-electron chi connectivity index (χ4n) is 2.74. The molecule has 0 aliphatic carbocycles. The van der Waals surface area contributed by atoms with Crippen LogP contribution in [0.5, 0.6) is 11.8 Å². The largest absolute Gasteiger partial charge is 0.492 e. The molecule has 4 heterocycles. The van der Waals surface area contributed by atoms with Crippen LogP contribution < -0.4 is 4.74 Å². The Labute approximate surface area is 176 Å². The minimum Gasteiger partial charge on any atom is -0.492 e. The number of ether oxygens (including phenoxy) is 1. The molecule has 4 rings (SSSR count). The number of aromatic nitrogens is 6. The molecule has 2 N–H and O–H groups in total. The Hall–Kier alpha value is -2.52. The van der Waals surface area contributed by atoms with E-state index in [1.165, 1.54) is 17.7 Å². The van der Waals surface area contributed by atoms with Crippen molar-refractivity contribution in [3.8, 4) is 11.8 Å². The highest BCUT2D eigenvalue weighted by Gasteiger charge is 2.29. The van der Waals surface area contributed by atoms with Crippen LogP contribution in [0.4, 0.5) is 0 Å². The second kappa shape index (κ2) is 6.77. The van der Waals surface area contributed by atoms with Crippen LogP contribution in [0.15, 0.2) is 12.4 Å². The molecule has 0 fully saturated rings. The molecule has 10 heteroatoms. The lowest BCUT2D eigenvalue weighted by Gasteiger charge is -2.24. The standard InChI is InChI=1S/C19H21ClN6O2S/c1-18(2,3)16-23-9-6-10(20)29-12(9)15(26-16)28-7-19(4,5)17-24-13-11(14(27)25-17)21-8-22-13/h6,8H,7H2,1-5H3,(H2,21,22,24,25,27). The van der Waals surface area contributed by atoms with Crippen molar-refractivity contribution in [1.82, 2.24) is 29.9 Å². The summed E-state index contributed by atoms with van der Waals surface area (Å²) in [5.41, 5.74) is 0.733. The number of hydrogen-bond acceptors (Lipinski definition) is 8. The number of hydrogen-bond donors (Lipinski definition) is 2. The first kappa shape index (κ1) is 19.8. The third-order valence-electron chi connectivity index (χ3n) is 4.42. The Morgan fingerprint density at radius 3 is 2.59 bits per heavy atom. The van der Waals surface area contributed by atoms with Crippen LogP contribution in [0, 0.1) is 0 Å². The zero-order valence-corrected chi connectivity index (χ0v) is 18.3. The predicted octanol–water partition coefficient (Wildman–Crippen LogP) is 4.37. The van der Waals surface area contributed by atoms with Crippen molar-refractivity contribution in [3.63, 3.8) is 0 Å². The van der Waals surface area contributed by atoms with Gasteiger partial charge in [-0.3, -0.25) is 0 Å². The lowest BCUT2D eigenvalue weighted by atomic mass is 9.93. The number of nitrogens with zero attached hydrogens (tertiary/aromatic N) is 5. The third kappa shape index (κ3) is 3.72. The Kier molecular flexibility index (Phi) is 4.62. The van der Waals surface area contributed by atoms with E-state index >= 15 is 0 Å². The summed E-state index contributed by atoms with van der Waals surface area (Å²) in [6.45, 7) is 10.3. The average Bonchev–Trinajstić information content (AvgIpc) is 3.24. The summed E-state index contributed by atoms with van der Waals surface area (Å²) in [5.74, 6) is 1.45. The van der Waals surface area contributed by atoms with Gasteiger partial charge in [0.2, 0.25) is 11.8 Å². The molecule has 0 aromatic carbocycles. The third-order valence-corrected chi connectivity index (χ3v) is 5.66. The molecule has 0 saturated carbocycles.